The number of hydrogen-bond acceptors (Lipinski definition) is 6. The molecule has 0 radical (unpaired) electrons. The standard InChI is InChI=1S/C23H27FN6O2.HI/c1-2-25-23(30-12-10-29(11-13-30)17-20-8-14-31-28-20)27-16-18-7-9-26-22(15-18)32-21-5-3-19(24)4-6-21;/h3-9,14-15H,2,10-13,16-17H2,1H3,(H,25,27);1H. The van der Waals surface area contributed by atoms with E-state index in [1.807, 2.05) is 18.2 Å². The van der Waals surface area contributed by atoms with E-state index >= 15 is 0 Å². The zero-order chi connectivity index (χ0) is 22.2. The number of aromatic nitrogens is 2. The number of guanidine groups is 1. The van der Waals surface area contributed by atoms with Gasteiger partial charge < -0.3 is 19.5 Å². The van der Waals surface area contributed by atoms with E-state index in [2.05, 4.69) is 32.2 Å². The van der Waals surface area contributed by atoms with Gasteiger partial charge in [-0.15, -0.1) is 24.0 Å². The molecule has 33 heavy (non-hydrogen) atoms. The van der Waals surface area contributed by atoms with E-state index in [9.17, 15) is 4.39 Å². The summed E-state index contributed by atoms with van der Waals surface area (Å²) in [6, 6.07) is 11.5. The van der Waals surface area contributed by atoms with Gasteiger partial charge in [-0.3, -0.25) is 4.90 Å². The molecule has 0 bridgehead atoms. The molecule has 0 amide bonds. The summed E-state index contributed by atoms with van der Waals surface area (Å²) >= 11 is 0. The second-order valence-corrected chi connectivity index (χ2v) is 7.48. The summed E-state index contributed by atoms with van der Waals surface area (Å²) in [5, 5.41) is 7.39. The predicted octanol–water partition coefficient (Wildman–Crippen LogP) is 3.90. The van der Waals surface area contributed by atoms with Gasteiger partial charge in [-0.05, 0) is 42.8 Å². The first kappa shape index (κ1) is 24.9. The molecule has 10 heteroatoms. The van der Waals surface area contributed by atoms with Crippen molar-refractivity contribution in [1.82, 2.24) is 25.3 Å². The number of hydrogen-bond donors (Lipinski definition) is 1. The van der Waals surface area contributed by atoms with Crippen molar-refractivity contribution >= 4 is 29.9 Å². The van der Waals surface area contributed by atoms with Gasteiger partial charge in [0.25, 0.3) is 0 Å². The Morgan fingerprint density at radius 3 is 2.64 bits per heavy atom. The lowest BCUT2D eigenvalue weighted by atomic mass is 10.2. The van der Waals surface area contributed by atoms with Gasteiger partial charge in [-0.2, -0.15) is 0 Å². The van der Waals surface area contributed by atoms with Crippen molar-refractivity contribution in [3.63, 3.8) is 0 Å². The summed E-state index contributed by atoms with van der Waals surface area (Å²) in [6.45, 7) is 7.81. The summed E-state index contributed by atoms with van der Waals surface area (Å²) in [6.07, 6.45) is 3.30. The zero-order valence-electron chi connectivity index (χ0n) is 18.5. The molecule has 1 aliphatic heterocycles. The van der Waals surface area contributed by atoms with Gasteiger partial charge in [-0.1, -0.05) is 5.16 Å². The van der Waals surface area contributed by atoms with Crippen LogP contribution in [-0.2, 0) is 13.1 Å². The monoisotopic (exact) mass is 566 g/mol. The SMILES string of the molecule is CCNC(=NCc1ccnc(Oc2ccc(F)cc2)c1)N1CCN(Cc2ccon2)CC1.I. The van der Waals surface area contributed by atoms with Gasteiger partial charge in [0.1, 0.15) is 17.8 Å². The Bertz CT molecular complexity index is 1010. The van der Waals surface area contributed by atoms with Crippen LogP contribution in [0.4, 0.5) is 4.39 Å². The molecule has 0 atom stereocenters. The lowest BCUT2D eigenvalue weighted by Gasteiger charge is -2.36. The molecular formula is C23H28FIN6O2. The fourth-order valence-electron chi connectivity index (χ4n) is 3.49. The van der Waals surface area contributed by atoms with Crippen molar-refractivity contribution in [3.8, 4) is 11.6 Å². The van der Waals surface area contributed by atoms with Crippen molar-refractivity contribution in [1.29, 1.82) is 0 Å². The second-order valence-electron chi connectivity index (χ2n) is 7.48. The molecule has 1 aromatic carbocycles. The minimum absolute atomic E-state index is 0. The van der Waals surface area contributed by atoms with Crippen molar-refractivity contribution in [2.45, 2.75) is 20.0 Å². The van der Waals surface area contributed by atoms with Crippen molar-refractivity contribution in [2.75, 3.05) is 32.7 Å². The summed E-state index contributed by atoms with van der Waals surface area (Å²) in [5.74, 6) is 1.59. The maximum Gasteiger partial charge on any atom is 0.219 e. The van der Waals surface area contributed by atoms with Gasteiger partial charge in [0.05, 0.1) is 12.2 Å². The number of nitrogens with zero attached hydrogens (tertiary/aromatic N) is 5. The fraction of sp³-hybridized carbons (Fsp3) is 0.348. The Hall–Kier alpha value is -2.73. The summed E-state index contributed by atoms with van der Waals surface area (Å²) in [7, 11) is 0. The van der Waals surface area contributed by atoms with Crippen LogP contribution in [0.1, 0.15) is 18.2 Å². The van der Waals surface area contributed by atoms with Crippen molar-refractivity contribution < 1.29 is 13.7 Å². The number of benzene rings is 1. The highest BCUT2D eigenvalue weighted by molar-refractivity contribution is 14.0. The van der Waals surface area contributed by atoms with Crippen LogP contribution >= 0.6 is 24.0 Å². The van der Waals surface area contributed by atoms with Gasteiger partial charge in [-0.25, -0.2) is 14.4 Å². The molecule has 1 fully saturated rings. The Morgan fingerprint density at radius 2 is 1.94 bits per heavy atom. The molecule has 3 aromatic rings. The molecule has 3 heterocycles. The third-order valence-corrected chi connectivity index (χ3v) is 5.13. The number of ether oxygens (including phenoxy) is 1. The molecule has 1 saturated heterocycles. The molecule has 1 aliphatic rings. The van der Waals surface area contributed by atoms with Crippen LogP contribution in [0.5, 0.6) is 11.6 Å². The highest BCUT2D eigenvalue weighted by atomic mass is 127. The van der Waals surface area contributed by atoms with Crippen LogP contribution in [0.3, 0.4) is 0 Å². The van der Waals surface area contributed by atoms with E-state index in [1.165, 1.54) is 12.1 Å². The smallest absolute Gasteiger partial charge is 0.219 e. The Kier molecular flexibility index (Phi) is 9.43. The zero-order valence-corrected chi connectivity index (χ0v) is 20.8. The summed E-state index contributed by atoms with van der Waals surface area (Å²) < 4.78 is 23.7. The maximum atomic E-state index is 13.1. The van der Waals surface area contributed by atoms with E-state index in [-0.39, 0.29) is 29.8 Å². The minimum Gasteiger partial charge on any atom is -0.439 e. The third-order valence-electron chi connectivity index (χ3n) is 5.13. The Morgan fingerprint density at radius 1 is 1.15 bits per heavy atom. The van der Waals surface area contributed by atoms with E-state index in [0.717, 1.165) is 56.5 Å². The van der Waals surface area contributed by atoms with Crippen LogP contribution in [-0.4, -0.2) is 58.6 Å². The lowest BCUT2D eigenvalue weighted by Crippen LogP contribution is -2.52. The maximum absolute atomic E-state index is 13.1. The van der Waals surface area contributed by atoms with E-state index in [1.54, 1.807) is 24.6 Å². The Balaban J connectivity index is 0.00000306. The predicted molar refractivity (Wildman–Crippen MR) is 134 cm³/mol. The molecule has 2 aromatic heterocycles. The second kappa shape index (κ2) is 12.5. The van der Waals surface area contributed by atoms with Gasteiger partial charge in [0.2, 0.25) is 5.88 Å². The highest BCUT2D eigenvalue weighted by Crippen LogP contribution is 2.20. The van der Waals surface area contributed by atoms with E-state index in [0.29, 0.717) is 18.2 Å². The van der Waals surface area contributed by atoms with Crippen molar-refractivity contribution in [2.24, 2.45) is 4.99 Å². The average Bonchev–Trinajstić information content (AvgIpc) is 3.32. The normalized spacial score (nSPS) is 14.6. The van der Waals surface area contributed by atoms with Crippen LogP contribution in [0.25, 0.3) is 0 Å². The number of halogens is 2. The summed E-state index contributed by atoms with van der Waals surface area (Å²) in [5.41, 5.74) is 1.94. The molecule has 0 spiro atoms. The molecule has 1 N–H and O–H groups in total. The molecule has 0 saturated carbocycles. The highest BCUT2D eigenvalue weighted by Gasteiger charge is 2.20. The van der Waals surface area contributed by atoms with Crippen LogP contribution < -0.4 is 10.1 Å². The lowest BCUT2D eigenvalue weighted by molar-refractivity contribution is 0.169. The number of piperazine rings is 1. The van der Waals surface area contributed by atoms with Crippen molar-refractivity contribution in [3.05, 3.63) is 72.0 Å². The minimum atomic E-state index is -0.302. The number of rotatable bonds is 7. The molecule has 0 aliphatic carbocycles. The molecule has 8 nitrogen and oxygen atoms in total. The Labute approximate surface area is 209 Å². The summed E-state index contributed by atoms with van der Waals surface area (Å²) in [4.78, 5) is 13.7. The first-order valence-electron chi connectivity index (χ1n) is 10.7. The average molecular weight is 566 g/mol. The first-order valence-corrected chi connectivity index (χ1v) is 10.7. The molecule has 176 valence electrons. The van der Waals surface area contributed by atoms with Crippen LogP contribution in [0.15, 0.2) is 64.4 Å². The molecule has 0 unspecified atom stereocenters. The van der Waals surface area contributed by atoms with E-state index < -0.39 is 0 Å². The first-order chi connectivity index (χ1) is 15.7. The van der Waals surface area contributed by atoms with Crippen LogP contribution in [0, 0.1) is 5.82 Å². The quantitative estimate of drug-likeness (QED) is 0.264. The topological polar surface area (TPSA) is 79.0 Å². The number of pyridine rings is 1. The third kappa shape index (κ3) is 7.39. The van der Waals surface area contributed by atoms with E-state index in [4.69, 9.17) is 14.3 Å². The van der Waals surface area contributed by atoms with Gasteiger partial charge >= 0.3 is 0 Å². The number of aliphatic imine (C=N–C) groups is 1. The fourth-order valence-corrected chi connectivity index (χ4v) is 3.49. The largest absolute Gasteiger partial charge is 0.439 e. The van der Waals surface area contributed by atoms with Gasteiger partial charge in [0.15, 0.2) is 5.96 Å². The molecular weight excluding hydrogens is 538 g/mol. The molecule has 4 rings (SSSR count). The van der Waals surface area contributed by atoms with Crippen LogP contribution in [0.2, 0.25) is 0 Å². The number of nitrogens with one attached hydrogen (secondary N) is 1. The van der Waals surface area contributed by atoms with Gasteiger partial charge in [0, 0.05) is 57.6 Å².